The number of hydrogen-bond donors (Lipinski definition) is 2. The molecule has 0 aliphatic heterocycles. The number of carbonyl (C=O) groups is 2. The number of amides is 1. The Morgan fingerprint density at radius 3 is 2.52 bits per heavy atom. The van der Waals surface area contributed by atoms with Gasteiger partial charge in [-0.2, -0.15) is 18.3 Å². The molecule has 1 aromatic heterocycles. The first-order valence-corrected chi connectivity index (χ1v) is 7.42. The number of aryl methyl sites for hydroxylation is 1. The van der Waals surface area contributed by atoms with Crippen molar-refractivity contribution in [2.75, 3.05) is 0 Å². The van der Waals surface area contributed by atoms with Crippen LogP contribution in [0, 0.1) is 0 Å². The fraction of sp³-hybridized carbons (Fsp3) is 0.312. The highest BCUT2D eigenvalue weighted by Gasteiger charge is 2.36. The summed E-state index contributed by atoms with van der Waals surface area (Å²) in [7, 11) is 0. The number of carbonyl (C=O) groups excluding carboxylic acids is 1. The summed E-state index contributed by atoms with van der Waals surface area (Å²) < 4.78 is 38.5. The quantitative estimate of drug-likeness (QED) is 0.798. The van der Waals surface area contributed by atoms with E-state index in [-0.39, 0.29) is 12.8 Å². The largest absolute Gasteiger partial charge is 0.480 e. The van der Waals surface area contributed by atoms with Crippen LogP contribution in [0.25, 0.3) is 5.69 Å². The second kappa shape index (κ2) is 7.82. The van der Waals surface area contributed by atoms with E-state index in [1.165, 1.54) is 0 Å². The fourth-order valence-corrected chi connectivity index (χ4v) is 2.17. The van der Waals surface area contributed by atoms with Gasteiger partial charge >= 0.3 is 12.1 Å². The monoisotopic (exact) mass is 355 g/mol. The Labute approximate surface area is 141 Å². The molecule has 1 amide bonds. The Balaban J connectivity index is 1.89. The van der Waals surface area contributed by atoms with E-state index in [0.29, 0.717) is 5.56 Å². The van der Waals surface area contributed by atoms with Crippen LogP contribution in [0.15, 0.2) is 42.7 Å². The first-order chi connectivity index (χ1) is 11.7. The van der Waals surface area contributed by atoms with Gasteiger partial charge in [-0.25, -0.2) is 9.48 Å². The molecule has 0 radical (unpaired) electrons. The zero-order valence-corrected chi connectivity index (χ0v) is 13.0. The number of carboxylic acid groups (broad SMARTS) is 1. The van der Waals surface area contributed by atoms with Crippen molar-refractivity contribution < 1.29 is 27.9 Å². The minimum absolute atomic E-state index is 0.137. The normalized spacial score (nSPS) is 12.6. The second-order valence-electron chi connectivity index (χ2n) is 5.41. The Hall–Kier alpha value is -2.84. The van der Waals surface area contributed by atoms with Crippen molar-refractivity contribution >= 4 is 11.9 Å². The Kier molecular flexibility index (Phi) is 5.79. The molecule has 0 bridgehead atoms. The number of aliphatic carboxylic acids is 1. The highest BCUT2D eigenvalue weighted by atomic mass is 19.4. The van der Waals surface area contributed by atoms with E-state index in [9.17, 15) is 22.8 Å². The number of nitrogens with zero attached hydrogens (tertiary/aromatic N) is 2. The topological polar surface area (TPSA) is 84.2 Å². The van der Waals surface area contributed by atoms with E-state index in [4.69, 9.17) is 5.11 Å². The van der Waals surface area contributed by atoms with Gasteiger partial charge in [-0.3, -0.25) is 4.79 Å². The van der Waals surface area contributed by atoms with Gasteiger partial charge in [0.25, 0.3) is 0 Å². The lowest BCUT2D eigenvalue weighted by atomic mass is 10.1. The number of halogens is 3. The molecule has 2 N–H and O–H groups in total. The van der Waals surface area contributed by atoms with Gasteiger partial charge in [0.15, 0.2) is 0 Å². The summed E-state index contributed by atoms with van der Waals surface area (Å²) in [5, 5.41) is 14.8. The predicted octanol–water partition coefficient (Wildman–Crippen LogP) is 2.33. The van der Waals surface area contributed by atoms with Crippen molar-refractivity contribution in [2.45, 2.75) is 31.5 Å². The number of hydrogen-bond acceptors (Lipinski definition) is 3. The van der Waals surface area contributed by atoms with E-state index in [1.54, 1.807) is 17.1 Å². The zero-order valence-electron chi connectivity index (χ0n) is 13.0. The molecule has 0 saturated heterocycles. The minimum atomic E-state index is -4.67. The third kappa shape index (κ3) is 5.94. The molecule has 0 saturated carbocycles. The fourth-order valence-electron chi connectivity index (χ4n) is 2.17. The number of rotatable bonds is 7. The number of aromatic nitrogens is 2. The maximum Gasteiger partial charge on any atom is 0.391 e. The number of alkyl halides is 3. The summed E-state index contributed by atoms with van der Waals surface area (Å²) in [5.74, 6) is -2.48. The van der Waals surface area contributed by atoms with Crippen molar-refractivity contribution in [3.63, 3.8) is 0 Å². The van der Waals surface area contributed by atoms with E-state index in [2.05, 4.69) is 5.10 Å². The highest BCUT2D eigenvalue weighted by Crippen LogP contribution is 2.21. The molecular weight excluding hydrogens is 339 g/mol. The van der Waals surface area contributed by atoms with Gasteiger partial charge in [0.1, 0.15) is 6.04 Å². The first kappa shape index (κ1) is 18.5. The Morgan fingerprint density at radius 1 is 1.24 bits per heavy atom. The van der Waals surface area contributed by atoms with Crippen LogP contribution in [0.3, 0.4) is 0 Å². The second-order valence-corrected chi connectivity index (χ2v) is 5.41. The lowest BCUT2D eigenvalue weighted by Gasteiger charge is -2.16. The van der Waals surface area contributed by atoms with Gasteiger partial charge < -0.3 is 10.4 Å². The van der Waals surface area contributed by atoms with Crippen LogP contribution < -0.4 is 5.32 Å². The van der Waals surface area contributed by atoms with Crippen LogP contribution in [0.1, 0.15) is 18.4 Å². The average molecular weight is 355 g/mol. The van der Waals surface area contributed by atoms with Crippen LogP contribution in [0.5, 0.6) is 0 Å². The summed E-state index contributed by atoms with van der Waals surface area (Å²) in [5.41, 5.74) is 1.54. The van der Waals surface area contributed by atoms with Gasteiger partial charge in [-0.15, -0.1) is 0 Å². The maximum absolute atomic E-state index is 12.3. The van der Waals surface area contributed by atoms with Gasteiger partial charge in [0.2, 0.25) is 5.91 Å². The minimum Gasteiger partial charge on any atom is -0.480 e. The number of carboxylic acids is 1. The van der Waals surface area contributed by atoms with Crippen LogP contribution >= 0.6 is 0 Å². The predicted molar refractivity (Wildman–Crippen MR) is 82.1 cm³/mol. The molecule has 25 heavy (non-hydrogen) atoms. The lowest BCUT2D eigenvalue weighted by molar-refractivity contribution is -0.160. The third-order valence-corrected chi connectivity index (χ3v) is 3.37. The standard InChI is InChI=1S/C16H16F3N3O3/c17-16(18,19)8-13(15(24)25)21-14(23)7-6-11-9-20-22(10-11)12-4-2-1-3-5-12/h1-5,9-10,13H,6-8H2,(H,21,23)(H,24,25). The smallest absolute Gasteiger partial charge is 0.391 e. The van der Waals surface area contributed by atoms with Gasteiger partial charge in [0, 0.05) is 12.6 Å². The highest BCUT2D eigenvalue weighted by molar-refractivity contribution is 5.83. The van der Waals surface area contributed by atoms with Gasteiger partial charge in [-0.05, 0) is 24.1 Å². The summed E-state index contributed by atoms with van der Waals surface area (Å²) in [6.45, 7) is 0. The number of para-hydroxylation sites is 1. The van der Waals surface area contributed by atoms with E-state index in [1.807, 2.05) is 35.6 Å². The molecule has 0 aliphatic carbocycles. The van der Waals surface area contributed by atoms with Crippen LogP contribution in [-0.2, 0) is 16.0 Å². The van der Waals surface area contributed by atoms with E-state index in [0.717, 1.165) is 5.69 Å². The van der Waals surface area contributed by atoms with Crippen molar-refractivity contribution in [1.82, 2.24) is 15.1 Å². The van der Waals surface area contributed by atoms with E-state index >= 15 is 0 Å². The van der Waals surface area contributed by atoms with Crippen molar-refractivity contribution in [3.05, 3.63) is 48.3 Å². The molecule has 9 heteroatoms. The van der Waals surface area contributed by atoms with Crippen molar-refractivity contribution in [3.8, 4) is 5.69 Å². The molecule has 1 aromatic carbocycles. The molecule has 1 atom stereocenters. The number of benzene rings is 1. The molecular formula is C16H16F3N3O3. The summed E-state index contributed by atoms with van der Waals surface area (Å²) in [6.07, 6.45) is -2.94. The zero-order chi connectivity index (χ0) is 18.4. The Morgan fingerprint density at radius 2 is 1.92 bits per heavy atom. The molecule has 0 aliphatic rings. The van der Waals surface area contributed by atoms with Crippen LogP contribution in [-0.4, -0.2) is 39.0 Å². The summed E-state index contributed by atoms with van der Waals surface area (Å²) in [6, 6.07) is 7.25. The lowest BCUT2D eigenvalue weighted by Crippen LogP contribution is -2.43. The van der Waals surface area contributed by atoms with E-state index < -0.39 is 30.5 Å². The van der Waals surface area contributed by atoms with Crippen LogP contribution in [0.2, 0.25) is 0 Å². The molecule has 2 aromatic rings. The molecule has 1 heterocycles. The van der Waals surface area contributed by atoms with Gasteiger partial charge in [-0.1, -0.05) is 18.2 Å². The van der Waals surface area contributed by atoms with Gasteiger partial charge in [0.05, 0.1) is 18.3 Å². The SMILES string of the molecule is O=C(CCc1cnn(-c2ccccc2)c1)NC(CC(F)(F)F)C(=O)O. The average Bonchev–Trinajstić information content (AvgIpc) is 3.01. The molecule has 0 fully saturated rings. The molecule has 1 unspecified atom stereocenters. The van der Waals surface area contributed by atoms with Crippen molar-refractivity contribution in [1.29, 1.82) is 0 Å². The summed E-state index contributed by atoms with van der Waals surface area (Å²) in [4.78, 5) is 22.5. The number of nitrogens with one attached hydrogen (secondary N) is 1. The molecule has 6 nitrogen and oxygen atoms in total. The third-order valence-electron chi connectivity index (χ3n) is 3.37. The maximum atomic E-state index is 12.3. The first-order valence-electron chi connectivity index (χ1n) is 7.42. The molecule has 2 rings (SSSR count). The summed E-state index contributed by atoms with van der Waals surface area (Å²) >= 11 is 0. The van der Waals surface area contributed by atoms with Crippen LogP contribution in [0.4, 0.5) is 13.2 Å². The van der Waals surface area contributed by atoms with Crippen molar-refractivity contribution in [2.24, 2.45) is 0 Å². The molecule has 134 valence electrons. The molecule has 0 spiro atoms. The Bertz CT molecular complexity index is 729.